The van der Waals surface area contributed by atoms with Crippen molar-refractivity contribution in [1.29, 1.82) is 0 Å². The summed E-state index contributed by atoms with van der Waals surface area (Å²) in [5, 5.41) is 25.8. The fourth-order valence-electron chi connectivity index (χ4n) is 4.70. The van der Waals surface area contributed by atoms with Crippen LogP contribution in [0.15, 0.2) is 95.3 Å². The van der Waals surface area contributed by atoms with Gasteiger partial charge in [-0.25, -0.2) is 0 Å². The highest BCUT2D eigenvalue weighted by molar-refractivity contribution is 6.54. The van der Waals surface area contributed by atoms with E-state index in [1.54, 1.807) is 60.7 Å². The van der Waals surface area contributed by atoms with Crippen LogP contribution in [0.5, 0.6) is 5.88 Å². The minimum atomic E-state index is -0.547. The minimum absolute atomic E-state index is 0.0240. The van der Waals surface area contributed by atoms with Gasteiger partial charge in [-0.15, -0.1) is 0 Å². The number of hydrogen-bond acceptors (Lipinski definition) is 7. The molecule has 4 amide bonds. The van der Waals surface area contributed by atoms with Gasteiger partial charge in [-0.1, -0.05) is 36.4 Å². The Hall–Kier alpha value is -5.78. The number of benzene rings is 2. The average Bonchev–Trinajstić information content (AvgIpc) is 3.72. The molecule has 1 saturated heterocycles. The Morgan fingerprint density at radius 1 is 0.930 bits per heavy atom. The number of para-hydroxylation sites is 2. The van der Waals surface area contributed by atoms with Crippen molar-refractivity contribution >= 4 is 41.1 Å². The second-order valence-corrected chi connectivity index (χ2v) is 9.55. The number of hydrogen-bond donors (Lipinski definition) is 3. The van der Waals surface area contributed by atoms with E-state index in [2.05, 4.69) is 20.8 Å². The van der Waals surface area contributed by atoms with Gasteiger partial charge in [0.05, 0.1) is 22.5 Å². The molecule has 0 bridgehead atoms. The van der Waals surface area contributed by atoms with Gasteiger partial charge in [0, 0.05) is 32.8 Å². The smallest absolute Gasteiger partial charge is 0.281 e. The lowest BCUT2D eigenvalue weighted by Gasteiger charge is -2.16. The van der Waals surface area contributed by atoms with E-state index in [-0.39, 0.29) is 34.3 Å². The number of hydrazone groups is 1. The molecule has 3 heterocycles. The molecule has 0 unspecified atom stereocenters. The molecule has 5 rings (SSSR count). The number of rotatable bonds is 8. The molecule has 0 radical (unpaired) electrons. The zero-order valence-corrected chi connectivity index (χ0v) is 23.5. The van der Waals surface area contributed by atoms with Gasteiger partial charge < -0.3 is 20.6 Å². The largest absolute Gasteiger partial charge is 0.493 e. The number of anilines is 1. The summed E-state index contributed by atoms with van der Waals surface area (Å²) in [5.74, 6) is -1.98. The molecule has 12 heteroatoms. The Morgan fingerprint density at radius 2 is 1.58 bits per heavy atom. The number of aromatic hydroxyl groups is 1. The van der Waals surface area contributed by atoms with Crippen LogP contribution in [-0.2, 0) is 14.4 Å². The van der Waals surface area contributed by atoms with Gasteiger partial charge >= 0.3 is 0 Å². The van der Waals surface area contributed by atoms with E-state index >= 15 is 0 Å². The second kappa shape index (κ2) is 12.4. The summed E-state index contributed by atoms with van der Waals surface area (Å²) in [6.07, 6.45) is 7.00. The first-order chi connectivity index (χ1) is 20.8. The number of carbonyl (C=O) groups is 4. The van der Waals surface area contributed by atoms with Crippen LogP contribution in [0.4, 0.5) is 5.69 Å². The van der Waals surface area contributed by atoms with Crippen LogP contribution in [0.25, 0.3) is 11.8 Å². The van der Waals surface area contributed by atoms with Crippen molar-refractivity contribution in [3.8, 4) is 11.6 Å². The Labute approximate surface area is 247 Å². The van der Waals surface area contributed by atoms with Crippen molar-refractivity contribution in [2.45, 2.75) is 12.8 Å². The monoisotopic (exact) mass is 579 g/mol. The summed E-state index contributed by atoms with van der Waals surface area (Å²) < 4.78 is 1.25. The first-order valence-corrected chi connectivity index (χ1v) is 13.5. The van der Waals surface area contributed by atoms with Crippen molar-refractivity contribution in [1.82, 2.24) is 25.3 Å². The number of aromatic nitrogens is 2. The van der Waals surface area contributed by atoms with Gasteiger partial charge in [-0.2, -0.15) is 19.9 Å². The molecule has 1 fully saturated rings. The third-order valence-electron chi connectivity index (χ3n) is 6.89. The van der Waals surface area contributed by atoms with Crippen molar-refractivity contribution in [3.63, 3.8) is 0 Å². The predicted octanol–water partition coefficient (Wildman–Crippen LogP) is 2.53. The van der Waals surface area contributed by atoms with Crippen LogP contribution >= 0.6 is 0 Å². The molecule has 0 aliphatic carbocycles. The zero-order valence-electron chi connectivity index (χ0n) is 23.5. The van der Waals surface area contributed by atoms with Crippen LogP contribution in [0.3, 0.4) is 0 Å². The number of allylic oxidation sites excluding steroid dienone is 3. The summed E-state index contributed by atoms with van der Waals surface area (Å²) in [7, 11) is 2.90. The van der Waals surface area contributed by atoms with Gasteiger partial charge in [0.2, 0.25) is 11.8 Å². The summed E-state index contributed by atoms with van der Waals surface area (Å²) in [5.41, 5.74) is 1.48. The highest BCUT2D eigenvalue weighted by Gasteiger charge is 2.34. The van der Waals surface area contributed by atoms with E-state index in [9.17, 15) is 24.3 Å². The molecule has 43 heavy (non-hydrogen) atoms. The topological polar surface area (TPSA) is 149 Å². The van der Waals surface area contributed by atoms with Crippen molar-refractivity contribution in [3.05, 3.63) is 101 Å². The van der Waals surface area contributed by atoms with Gasteiger partial charge in [0.1, 0.15) is 0 Å². The predicted molar refractivity (Wildman–Crippen MR) is 160 cm³/mol. The molecule has 0 saturated carbocycles. The van der Waals surface area contributed by atoms with Crippen LogP contribution in [-0.4, -0.2) is 69.8 Å². The van der Waals surface area contributed by atoms with Crippen molar-refractivity contribution in [2.24, 2.45) is 5.10 Å². The summed E-state index contributed by atoms with van der Waals surface area (Å²) in [6, 6.07) is 17.5. The Morgan fingerprint density at radius 3 is 2.19 bits per heavy atom. The summed E-state index contributed by atoms with van der Waals surface area (Å²) in [4.78, 5) is 53.0. The highest BCUT2D eigenvalue weighted by Crippen LogP contribution is 2.29. The molecular formula is C31H29N7O5. The van der Waals surface area contributed by atoms with Gasteiger partial charge in [-0.3, -0.25) is 19.2 Å². The SMILES string of the molecule is CNC(=O)C1=NN(c2ccccc2)C(=O)/C1=C\C=C(C=Cc1c(C(=O)NC)nn(-c2ccccc2)c1O)N1CCCC1=O. The minimum Gasteiger partial charge on any atom is -0.493 e. The summed E-state index contributed by atoms with van der Waals surface area (Å²) in [6.45, 7) is 0.427. The van der Waals surface area contributed by atoms with Crippen LogP contribution in [0.2, 0.25) is 0 Å². The lowest BCUT2D eigenvalue weighted by Crippen LogP contribution is -2.29. The van der Waals surface area contributed by atoms with Crippen LogP contribution in [0.1, 0.15) is 28.9 Å². The molecule has 1 aromatic heterocycles. The number of likely N-dealkylation sites (tertiary alicyclic amines) is 1. The lowest BCUT2D eigenvalue weighted by molar-refractivity contribution is -0.125. The van der Waals surface area contributed by atoms with Gasteiger partial charge in [0.25, 0.3) is 17.7 Å². The maximum absolute atomic E-state index is 13.4. The molecule has 2 aromatic carbocycles. The van der Waals surface area contributed by atoms with Crippen LogP contribution < -0.4 is 15.6 Å². The van der Waals surface area contributed by atoms with E-state index in [1.165, 1.54) is 41.9 Å². The van der Waals surface area contributed by atoms with E-state index in [4.69, 9.17) is 0 Å². The Bertz CT molecular complexity index is 1700. The molecule has 218 valence electrons. The molecular weight excluding hydrogens is 550 g/mol. The number of carbonyl (C=O) groups excluding carboxylic acids is 4. The van der Waals surface area contributed by atoms with Gasteiger partial charge in [-0.05, 0) is 55.0 Å². The molecule has 2 aliphatic heterocycles. The molecule has 3 N–H and O–H groups in total. The number of nitrogens with zero attached hydrogens (tertiary/aromatic N) is 5. The highest BCUT2D eigenvalue weighted by atomic mass is 16.3. The normalized spacial score (nSPS) is 16.4. The van der Waals surface area contributed by atoms with Crippen molar-refractivity contribution in [2.75, 3.05) is 25.6 Å². The second-order valence-electron chi connectivity index (χ2n) is 9.55. The molecule has 12 nitrogen and oxygen atoms in total. The van der Waals surface area contributed by atoms with E-state index in [0.29, 0.717) is 36.5 Å². The fourth-order valence-corrected chi connectivity index (χ4v) is 4.70. The van der Waals surface area contributed by atoms with E-state index in [1.807, 2.05) is 6.07 Å². The maximum Gasteiger partial charge on any atom is 0.281 e. The average molecular weight is 580 g/mol. The van der Waals surface area contributed by atoms with Crippen LogP contribution in [0, 0.1) is 0 Å². The molecule has 2 aliphatic rings. The first kappa shape index (κ1) is 28.7. The third kappa shape index (κ3) is 5.71. The zero-order chi connectivity index (χ0) is 30.5. The van der Waals surface area contributed by atoms with Gasteiger partial charge in [0.15, 0.2) is 11.4 Å². The number of amides is 4. The third-order valence-corrected chi connectivity index (χ3v) is 6.89. The Kier molecular flexibility index (Phi) is 8.28. The van der Waals surface area contributed by atoms with E-state index < -0.39 is 17.7 Å². The quantitative estimate of drug-likeness (QED) is 0.276. The molecule has 0 spiro atoms. The molecule has 0 atom stereocenters. The summed E-state index contributed by atoms with van der Waals surface area (Å²) >= 11 is 0. The maximum atomic E-state index is 13.4. The lowest BCUT2D eigenvalue weighted by atomic mass is 10.1. The fraction of sp³-hybridized carbons (Fsp3) is 0.161. The number of nitrogens with one attached hydrogen (secondary N) is 2. The molecule has 3 aromatic rings. The van der Waals surface area contributed by atoms with Crippen molar-refractivity contribution < 1.29 is 24.3 Å². The van der Waals surface area contributed by atoms with E-state index in [0.717, 1.165) is 5.01 Å². The standard InChI is InChI=1S/C31H29N7O5/c1-32-28(40)26-23(30(42)37(34-26)21-10-5-3-6-11-21)17-15-20(36-19-9-14-25(36)39)16-18-24-27(29(41)33-2)35-38(31(24)43)22-12-7-4-8-13-22/h3-8,10-13,15-18,42H,9,14,19H2,1-2H3,(H,32,40)(H,33,41)/b17-15?,20-16?,24-18-. The first-order valence-electron chi connectivity index (χ1n) is 13.5. The Balaban J connectivity index is 1.58.